The summed E-state index contributed by atoms with van der Waals surface area (Å²) in [5.74, 6) is 0.596. The Morgan fingerprint density at radius 2 is 1.84 bits per heavy atom. The van der Waals surface area contributed by atoms with Gasteiger partial charge in [0.15, 0.2) is 0 Å². The Morgan fingerprint density at radius 3 is 2.56 bits per heavy atom. The van der Waals surface area contributed by atoms with E-state index >= 15 is 0 Å². The van der Waals surface area contributed by atoms with Crippen LogP contribution >= 0.6 is 34.8 Å². The Bertz CT molecular complexity index is 804. The molecule has 1 aromatic heterocycles. The van der Waals surface area contributed by atoms with Gasteiger partial charge in [-0.25, -0.2) is 4.98 Å². The monoisotopic (exact) mass is 394 g/mol. The molecule has 0 amide bonds. The third kappa shape index (κ3) is 5.15. The molecule has 0 spiro atoms. The first-order valence-corrected chi connectivity index (χ1v) is 9.06. The summed E-state index contributed by atoms with van der Waals surface area (Å²) in [4.78, 5) is 4.07. The van der Waals surface area contributed by atoms with Crippen molar-refractivity contribution in [1.82, 2.24) is 9.55 Å². The van der Waals surface area contributed by atoms with Crippen LogP contribution in [0.1, 0.15) is 12.0 Å². The lowest BCUT2D eigenvalue weighted by molar-refractivity contribution is 0.185. The van der Waals surface area contributed by atoms with Crippen molar-refractivity contribution in [3.8, 4) is 5.75 Å². The first-order valence-electron chi connectivity index (χ1n) is 7.92. The largest absolute Gasteiger partial charge is 0.488 e. The third-order valence-electron chi connectivity index (χ3n) is 3.85. The van der Waals surface area contributed by atoms with Crippen LogP contribution in [0.15, 0.2) is 61.2 Å². The van der Waals surface area contributed by atoms with Crippen LogP contribution in [0.2, 0.25) is 15.1 Å². The molecule has 3 nitrogen and oxygen atoms in total. The minimum Gasteiger partial charge on any atom is -0.488 e. The first kappa shape index (κ1) is 18.1. The van der Waals surface area contributed by atoms with Gasteiger partial charge in [-0.05, 0) is 29.8 Å². The summed E-state index contributed by atoms with van der Waals surface area (Å²) < 4.78 is 8.20. The number of aromatic nitrogens is 2. The fourth-order valence-corrected chi connectivity index (χ4v) is 3.02. The number of aryl methyl sites for hydroxylation is 1. The van der Waals surface area contributed by atoms with Crippen LogP contribution in [0.25, 0.3) is 0 Å². The first-order chi connectivity index (χ1) is 12.1. The van der Waals surface area contributed by atoms with Crippen molar-refractivity contribution >= 4 is 34.8 Å². The normalized spacial score (nSPS) is 12.1. The second-order valence-electron chi connectivity index (χ2n) is 5.71. The van der Waals surface area contributed by atoms with E-state index in [1.54, 1.807) is 18.6 Å². The number of imidazole rings is 1. The zero-order valence-corrected chi connectivity index (χ0v) is 15.7. The molecule has 0 aliphatic rings. The molecule has 0 aliphatic carbocycles. The van der Waals surface area contributed by atoms with E-state index in [1.807, 2.05) is 47.2 Å². The molecule has 0 bridgehead atoms. The van der Waals surface area contributed by atoms with Gasteiger partial charge < -0.3 is 9.30 Å². The molecule has 1 unspecified atom stereocenters. The summed E-state index contributed by atoms with van der Waals surface area (Å²) in [6, 6.07) is 13.2. The van der Waals surface area contributed by atoms with Gasteiger partial charge in [0.1, 0.15) is 16.9 Å². The highest BCUT2D eigenvalue weighted by Crippen LogP contribution is 2.33. The lowest BCUT2D eigenvalue weighted by atomic mass is 10.1. The molecule has 0 saturated carbocycles. The number of hydrogen-bond donors (Lipinski definition) is 0. The zero-order valence-electron chi connectivity index (χ0n) is 13.4. The Hall–Kier alpha value is -1.68. The Balaban J connectivity index is 1.75. The SMILES string of the molecule is Clc1ccc(CC(CCn2ccnc2)Oc2cccc(Cl)c2Cl)cc1. The van der Waals surface area contributed by atoms with Crippen LogP contribution in [0, 0.1) is 0 Å². The molecule has 3 aromatic rings. The van der Waals surface area contributed by atoms with Crippen molar-refractivity contribution in [3.05, 3.63) is 81.8 Å². The molecular formula is C19H17Cl3N2O. The number of benzene rings is 2. The average Bonchev–Trinajstić information content (AvgIpc) is 3.12. The van der Waals surface area contributed by atoms with Crippen molar-refractivity contribution in [3.63, 3.8) is 0 Å². The highest BCUT2D eigenvalue weighted by atomic mass is 35.5. The zero-order chi connectivity index (χ0) is 17.6. The summed E-state index contributed by atoms with van der Waals surface area (Å²) in [6.45, 7) is 0.802. The van der Waals surface area contributed by atoms with Crippen molar-refractivity contribution < 1.29 is 4.74 Å². The number of halogens is 3. The predicted molar refractivity (Wildman–Crippen MR) is 103 cm³/mol. The highest BCUT2D eigenvalue weighted by molar-refractivity contribution is 6.42. The summed E-state index contributed by atoms with van der Waals surface area (Å²) in [7, 11) is 0. The maximum atomic E-state index is 6.27. The highest BCUT2D eigenvalue weighted by Gasteiger charge is 2.15. The number of rotatable bonds is 7. The number of hydrogen-bond acceptors (Lipinski definition) is 2. The third-order valence-corrected chi connectivity index (χ3v) is 4.91. The van der Waals surface area contributed by atoms with Gasteiger partial charge in [-0.15, -0.1) is 0 Å². The number of nitrogens with zero attached hydrogens (tertiary/aromatic N) is 2. The van der Waals surface area contributed by atoms with Crippen LogP contribution in [0.5, 0.6) is 5.75 Å². The van der Waals surface area contributed by atoms with Gasteiger partial charge in [0.05, 0.1) is 11.3 Å². The molecule has 3 rings (SSSR count). The second kappa shape index (κ2) is 8.61. The molecule has 1 heterocycles. The molecule has 2 aromatic carbocycles. The van der Waals surface area contributed by atoms with Crippen molar-refractivity contribution in [1.29, 1.82) is 0 Å². The molecule has 130 valence electrons. The lowest BCUT2D eigenvalue weighted by Gasteiger charge is -2.21. The van der Waals surface area contributed by atoms with E-state index in [2.05, 4.69) is 4.98 Å². The van der Waals surface area contributed by atoms with Crippen molar-refractivity contribution in [2.45, 2.75) is 25.5 Å². The van der Waals surface area contributed by atoms with Gasteiger partial charge in [0.25, 0.3) is 0 Å². The van der Waals surface area contributed by atoms with E-state index in [9.17, 15) is 0 Å². The van der Waals surface area contributed by atoms with Gasteiger partial charge in [0.2, 0.25) is 0 Å². The minimum absolute atomic E-state index is 0.0560. The summed E-state index contributed by atoms with van der Waals surface area (Å²) in [6.07, 6.45) is 7.00. The van der Waals surface area contributed by atoms with Crippen molar-refractivity contribution in [2.24, 2.45) is 0 Å². The quantitative estimate of drug-likeness (QED) is 0.496. The molecule has 0 saturated heterocycles. The van der Waals surface area contributed by atoms with E-state index < -0.39 is 0 Å². The van der Waals surface area contributed by atoms with Gasteiger partial charge in [0, 0.05) is 36.8 Å². The van der Waals surface area contributed by atoms with E-state index in [0.717, 1.165) is 30.0 Å². The minimum atomic E-state index is -0.0560. The molecule has 0 fully saturated rings. The second-order valence-corrected chi connectivity index (χ2v) is 6.93. The van der Waals surface area contributed by atoms with Gasteiger partial charge in [-0.2, -0.15) is 0 Å². The smallest absolute Gasteiger partial charge is 0.139 e. The van der Waals surface area contributed by atoms with E-state index in [4.69, 9.17) is 39.5 Å². The molecule has 6 heteroatoms. The predicted octanol–water partition coefficient (Wildman–Crippen LogP) is 5.92. The molecule has 25 heavy (non-hydrogen) atoms. The topological polar surface area (TPSA) is 27.1 Å². The fourth-order valence-electron chi connectivity index (χ4n) is 2.55. The maximum absolute atomic E-state index is 6.27. The van der Waals surface area contributed by atoms with E-state index in [0.29, 0.717) is 15.8 Å². The van der Waals surface area contributed by atoms with Crippen LogP contribution in [0.3, 0.4) is 0 Å². The summed E-state index contributed by atoms with van der Waals surface area (Å²) >= 11 is 18.3. The van der Waals surface area contributed by atoms with Crippen LogP contribution in [0.4, 0.5) is 0 Å². The molecule has 0 N–H and O–H groups in total. The van der Waals surface area contributed by atoms with Crippen LogP contribution in [-0.4, -0.2) is 15.7 Å². The Labute approximate surface area is 162 Å². The molecule has 0 radical (unpaired) electrons. The average molecular weight is 396 g/mol. The lowest BCUT2D eigenvalue weighted by Crippen LogP contribution is -2.22. The standard InChI is InChI=1S/C19H17Cl3N2O/c20-15-6-4-14(5-7-15)12-16(8-10-24-11-9-23-13-24)25-18-3-1-2-17(21)19(18)22/h1-7,9,11,13,16H,8,10,12H2. The van der Waals surface area contributed by atoms with Gasteiger partial charge in [-0.1, -0.05) is 53.0 Å². The molecular weight excluding hydrogens is 379 g/mol. The van der Waals surface area contributed by atoms with Crippen LogP contribution < -0.4 is 4.74 Å². The summed E-state index contributed by atoms with van der Waals surface area (Å²) in [5.41, 5.74) is 1.15. The maximum Gasteiger partial charge on any atom is 0.139 e. The Morgan fingerprint density at radius 1 is 1.04 bits per heavy atom. The number of ether oxygens (including phenoxy) is 1. The van der Waals surface area contributed by atoms with E-state index in [-0.39, 0.29) is 6.10 Å². The molecule has 1 atom stereocenters. The Kier molecular flexibility index (Phi) is 6.24. The summed E-state index contributed by atoms with van der Waals surface area (Å²) in [5, 5.41) is 1.64. The van der Waals surface area contributed by atoms with Crippen LogP contribution in [-0.2, 0) is 13.0 Å². The van der Waals surface area contributed by atoms with Gasteiger partial charge >= 0.3 is 0 Å². The fraction of sp³-hybridized carbons (Fsp3) is 0.211. The van der Waals surface area contributed by atoms with E-state index in [1.165, 1.54) is 0 Å². The van der Waals surface area contributed by atoms with Gasteiger partial charge in [-0.3, -0.25) is 0 Å². The molecule has 0 aliphatic heterocycles. The van der Waals surface area contributed by atoms with Crippen molar-refractivity contribution in [2.75, 3.05) is 0 Å².